The lowest BCUT2D eigenvalue weighted by Crippen LogP contribution is -2.39. The first kappa shape index (κ1) is 24.7. The number of ether oxygens (including phenoxy) is 3. The number of aryl methyl sites for hydroxylation is 2. The van der Waals surface area contributed by atoms with Gasteiger partial charge in [0.2, 0.25) is 6.79 Å². The molecule has 0 radical (unpaired) electrons. The third kappa shape index (κ3) is 4.83. The Labute approximate surface area is 218 Å². The van der Waals surface area contributed by atoms with E-state index in [-0.39, 0.29) is 19.0 Å². The van der Waals surface area contributed by atoms with Gasteiger partial charge in [-0.1, -0.05) is 35.9 Å². The third-order valence-corrected chi connectivity index (χ3v) is 6.18. The summed E-state index contributed by atoms with van der Waals surface area (Å²) in [4.78, 5) is 39.0. The summed E-state index contributed by atoms with van der Waals surface area (Å²) in [6.07, 6.45) is 0. The van der Waals surface area contributed by atoms with Gasteiger partial charge in [-0.05, 0) is 55.3 Å². The number of methoxy groups -OCH3 is 1. The monoisotopic (exact) mass is 514 g/mol. The molecule has 3 amide bonds. The second-order valence-corrected chi connectivity index (χ2v) is 8.85. The van der Waals surface area contributed by atoms with E-state index in [1.165, 1.54) is 11.8 Å². The highest BCUT2D eigenvalue weighted by atomic mass is 16.7. The number of benzene rings is 3. The van der Waals surface area contributed by atoms with Gasteiger partial charge in [0.05, 0.1) is 7.11 Å². The second-order valence-electron chi connectivity index (χ2n) is 8.85. The summed E-state index contributed by atoms with van der Waals surface area (Å²) in [5.41, 5.74) is 6.46. The standard InChI is InChI=1S/C28H26N4O6/c1-16-7-9-20(17(2)11-16)30-26(33)21-13-19-5-4-6-23(36-3)25(19)32(21)31-28(35)27(34)29-14-18-8-10-22-24(12-18)38-15-37-22/h4-13H,14-15H2,1-3H3,(H,29,34)(H,30,33)(H,31,35). The number of rotatable bonds is 6. The Kier molecular flexibility index (Phi) is 6.61. The second kappa shape index (κ2) is 10.2. The Morgan fingerprint density at radius 1 is 0.947 bits per heavy atom. The van der Waals surface area contributed by atoms with Crippen molar-refractivity contribution >= 4 is 34.3 Å². The molecule has 0 atom stereocenters. The number of para-hydroxylation sites is 1. The molecule has 10 heteroatoms. The van der Waals surface area contributed by atoms with Crippen LogP contribution in [0.3, 0.4) is 0 Å². The molecule has 194 valence electrons. The van der Waals surface area contributed by atoms with Crippen molar-refractivity contribution in [1.29, 1.82) is 0 Å². The quantitative estimate of drug-likeness (QED) is 0.338. The molecule has 4 aromatic rings. The first-order valence-electron chi connectivity index (χ1n) is 11.9. The largest absolute Gasteiger partial charge is 0.494 e. The van der Waals surface area contributed by atoms with Crippen LogP contribution in [0.4, 0.5) is 5.69 Å². The Bertz CT molecular complexity index is 1580. The van der Waals surface area contributed by atoms with E-state index in [0.717, 1.165) is 16.7 Å². The molecular formula is C28H26N4O6. The molecule has 5 rings (SSSR count). The number of amides is 3. The average molecular weight is 515 g/mol. The van der Waals surface area contributed by atoms with Crippen LogP contribution in [0.25, 0.3) is 10.9 Å². The van der Waals surface area contributed by atoms with Crippen LogP contribution in [0.2, 0.25) is 0 Å². The van der Waals surface area contributed by atoms with E-state index in [4.69, 9.17) is 14.2 Å². The molecule has 0 unspecified atom stereocenters. The summed E-state index contributed by atoms with van der Waals surface area (Å²) in [6, 6.07) is 17.8. The fourth-order valence-electron chi connectivity index (χ4n) is 4.28. The van der Waals surface area contributed by atoms with Gasteiger partial charge in [0.1, 0.15) is 17.0 Å². The van der Waals surface area contributed by atoms with Crippen molar-refractivity contribution in [1.82, 2.24) is 9.99 Å². The predicted molar refractivity (Wildman–Crippen MR) is 141 cm³/mol. The summed E-state index contributed by atoms with van der Waals surface area (Å²) >= 11 is 0. The Hall–Kier alpha value is -4.99. The molecule has 3 N–H and O–H groups in total. The van der Waals surface area contributed by atoms with E-state index >= 15 is 0 Å². The Morgan fingerprint density at radius 2 is 1.76 bits per heavy atom. The first-order chi connectivity index (χ1) is 18.3. The highest BCUT2D eigenvalue weighted by Crippen LogP contribution is 2.32. The summed E-state index contributed by atoms with van der Waals surface area (Å²) in [5, 5.41) is 6.12. The van der Waals surface area contributed by atoms with Gasteiger partial charge in [-0.2, -0.15) is 0 Å². The van der Waals surface area contributed by atoms with Crippen LogP contribution in [0, 0.1) is 13.8 Å². The summed E-state index contributed by atoms with van der Waals surface area (Å²) in [6.45, 7) is 4.10. The van der Waals surface area contributed by atoms with Crippen molar-refractivity contribution in [2.75, 3.05) is 24.6 Å². The average Bonchev–Trinajstić information content (AvgIpc) is 3.53. The van der Waals surface area contributed by atoms with Crippen molar-refractivity contribution in [2.45, 2.75) is 20.4 Å². The molecule has 1 aliphatic heterocycles. The van der Waals surface area contributed by atoms with E-state index in [2.05, 4.69) is 16.1 Å². The zero-order chi connectivity index (χ0) is 26.8. The molecule has 38 heavy (non-hydrogen) atoms. The van der Waals surface area contributed by atoms with Crippen LogP contribution in [0.5, 0.6) is 17.2 Å². The number of carbonyl (C=O) groups is 3. The minimum absolute atomic E-state index is 0.0959. The molecule has 0 saturated carbocycles. The predicted octanol–water partition coefficient (Wildman–Crippen LogP) is 3.63. The van der Waals surface area contributed by atoms with E-state index < -0.39 is 17.7 Å². The van der Waals surface area contributed by atoms with Gasteiger partial charge in [0.25, 0.3) is 5.91 Å². The van der Waals surface area contributed by atoms with Gasteiger partial charge in [0, 0.05) is 17.6 Å². The maximum Gasteiger partial charge on any atom is 0.328 e. The number of aromatic nitrogens is 1. The fourth-order valence-corrected chi connectivity index (χ4v) is 4.28. The highest BCUT2D eigenvalue weighted by Gasteiger charge is 2.23. The van der Waals surface area contributed by atoms with Crippen molar-refractivity contribution in [3.05, 3.63) is 83.0 Å². The molecule has 0 saturated heterocycles. The van der Waals surface area contributed by atoms with Gasteiger partial charge in [-0.3, -0.25) is 19.8 Å². The molecule has 0 bridgehead atoms. The van der Waals surface area contributed by atoms with Gasteiger partial charge < -0.3 is 24.8 Å². The van der Waals surface area contributed by atoms with Crippen LogP contribution < -0.4 is 30.3 Å². The van der Waals surface area contributed by atoms with Gasteiger partial charge >= 0.3 is 11.8 Å². The lowest BCUT2D eigenvalue weighted by Gasteiger charge is -2.15. The molecule has 0 aliphatic carbocycles. The summed E-state index contributed by atoms with van der Waals surface area (Å²) < 4.78 is 17.4. The smallest absolute Gasteiger partial charge is 0.328 e. The number of anilines is 1. The lowest BCUT2D eigenvalue weighted by atomic mass is 10.1. The molecule has 0 fully saturated rings. The fraction of sp³-hybridized carbons (Fsp3) is 0.179. The Morgan fingerprint density at radius 3 is 2.55 bits per heavy atom. The topological polar surface area (TPSA) is 120 Å². The van der Waals surface area contributed by atoms with Crippen LogP contribution in [-0.4, -0.2) is 36.3 Å². The molecule has 1 aromatic heterocycles. The molecule has 2 heterocycles. The minimum atomic E-state index is -0.949. The van der Waals surface area contributed by atoms with Crippen molar-refractivity contribution < 1.29 is 28.6 Å². The maximum atomic E-state index is 13.3. The SMILES string of the molecule is COc1cccc2cc(C(=O)Nc3ccc(C)cc3C)n(NC(=O)C(=O)NCc3ccc4c(c3)OCO4)c12. The van der Waals surface area contributed by atoms with E-state index in [9.17, 15) is 14.4 Å². The van der Waals surface area contributed by atoms with E-state index in [0.29, 0.717) is 33.8 Å². The number of fused-ring (bicyclic) bond motifs is 2. The van der Waals surface area contributed by atoms with Gasteiger partial charge in [-0.15, -0.1) is 0 Å². The summed E-state index contributed by atoms with van der Waals surface area (Å²) in [5.74, 6) is -0.662. The molecule has 1 aliphatic rings. The summed E-state index contributed by atoms with van der Waals surface area (Å²) in [7, 11) is 1.49. The van der Waals surface area contributed by atoms with Gasteiger partial charge in [0.15, 0.2) is 11.5 Å². The lowest BCUT2D eigenvalue weighted by molar-refractivity contribution is -0.136. The van der Waals surface area contributed by atoms with Crippen LogP contribution in [0.15, 0.2) is 60.7 Å². The normalized spacial score (nSPS) is 11.8. The van der Waals surface area contributed by atoms with E-state index in [1.807, 2.05) is 32.0 Å². The van der Waals surface area contributed by atoms with E-state index in [1.54, 1.807) is 42.5 Å². The Balaban J connectivity index is 1.38. The minimum Gasteiger partial charge on any atom is -0.494 e. The van der Waals surface area contributed by atoms with Crippen LogP contribution in [0.1, 0.15) is 27.2 Å². The molecular weight excluding hydrogens is 488 g/mol. The van der Waals surface area contributed by atoms with Crippen molar-refractivity contribution in [2.24, 2.45) is 0 Å². The number of nitrogens with one attached hydrogen (secondary N) is 3. The number of hydrogen-bond acceptors (Lipinski definition) is 6. The zero-order valence-electron chi connectivity index (χ0n) is 21.1. The van der Waals surface area contributed by atoms with Crippen molar-refractivity contribution in [3.63, 3.8) is 0 Å². The molecule has 10 nitrogen and oxygen atoms in total. The maximum absolute atomic E-state index is 13.3. The third-order valence-electron chi connectivity index (χ3n) is 6.18. The first-order valence-corrected chi connectivity index (χ1v) is 11.9. The molecule has 3 aromatic carbocycles. The zero-order valence-corrected chi connectivity index (χ0v) is 21.1. The van der Waals surface area contributed by atoms with Crippen molar-refractivity contribution in [3.8, 4) is 17.2 Å². The highest BCUT2D eigenvalue weighted by molar-refractivity contribution is 6.38. The number of carbonyl (C=O) groups excluding carboxylic acids is 3. The van der Waals surface area contributed by atoms with Crippen LogP contribution in [-0.2, 0) is 16.1 Å². The van der Waals surface area contributed by atoms with Gasteiger partial charge in [-0.25, -0.2) is 4.68 Å². The number of nitrogens with zero attached hydrogens (tertiary/aromatic N) is 1. The molecule has 0 spiro atoms. The van der Waals surface area contributed by atoms with Crippen LogP contribution >= 0.6 is 0 Å². The number of hydrogen-bond donors (Lipinski definition) is 3.